The molecule has 146 valence electrons. The molecule has 0 aliphatic heterocycles. The Morgan fingerprint density at radius 2 is 1.77 bits per heavy atom. The summed E-state index contributed by atoms with van der Waals surface area (Å²) in [5, 5.41) is 28.6. The Morgan fingerprint density at radius 1 is 1.08 bits per heavy atom. The molecule has 1 aromatic carbocycles. The Morgan fingerprint density at radius 3 is 2.46 bits per heavy atom. The highest BCUT2D eigenvalue weighted by Crippen LogP contribution is 2.23. The summed E-state index contributed by atoms with van der Waals surface area (Å²) < 4.78 is 0. The molecule has 0 spiro atoms. The molecule has 0 bridgehead atoms. The van der Waals surface area contributed by atoms with Gasteiger partial charge in [-0.1, -0.05) is 69.7 Å². The molecule has 0 aliphatic rings. The Kier molecular flexibility index (Phi) is 11.5. The summed E-state index contributed by atoms with van der Waals surface area (Å²) in [7, 11) is 0. The molecule has 3 N–H and O–H groups in total. The second-order valence-electron chi connectivity index (χ2n) is 6.91. The summed E-state index contributed by atoms with van der Waals surface area (Å²) in [5.74, 6) is -1.21. The van der Waals surface area contributed by atoms with Crippen LogP contribution < -0.4 is 0 Å². The molecule has 1 aromatic rings. The van der Waals surface area contributed by atoms with Gasteiger partial charge in [-0.3, -0.25) is 0 Å². The van der Waals surface area contributed by atoms with Gasteiger partial charge in [0.1, 0.15) is 11.3 Å². The molecule has 1 atom stereocenters. The standard InChI is InChI=1S/C22H34O4/c1-2-3-15-19(23)16-11-9-7-5-4-6-8-10-13-18-14-12-17-20(24)21(18)22(25)26/h11-12,14,16-17,19,23-24H,2-10,13,15H2,1H3,(H,25,26)/b16-11+. The van der Waals surface area contributed by atoms with Crippen molar-refractivity contribution in [3.05, 3.63) is 41.5 Å². The van der Waals surface area contributed by atoms with Gasteiger partial charge in [0, 0.05) is 0 Å². The molecule has 0 saturated carbocycles. The Bertz CT molecular complexity index is 551. The van der Waals surface area contributed by atoms with Crippen molar-refractivity contribution in [2.24, 2.45) is 0 Å². The lowest BCUT2D eigenvalue weighted by Gasteiger charge is -2.07. The number of carboxylic acid groups (broad SMARTS) is 1. The molecule has 0 amide bonds. The minimum absolute atomic E-state index is 0.0420. The van der Waals surface area contributed by atoms with Crippen molar-refractivity contribution in [3.63, 3.8) is 0 Å². The van der Waals surface area contributed by atoms with E-state index in [4.69, 9.17) is 0 Å². The van der Waals surface area contributed by atoms with Gasteiger partial charge in [0.2, 0.25) is 0 Å². The number of aromatic hydroxyl groups is 1. The highest BCUT2D eigenvalue weighted by molar-refractivity contribution is 5.92. The first-order valence-corrected chi connectivity index (χ1v) is 9.95. The minimum atomic E-state index is -1.06. The van der Waals surface area contributed by atoms with E-state index in [0.29, 0.717) is 12.0 Å². The summed E-state index contributed by atoms with van der Waals surface area (Å²) in [6.07, 6.45) is 15.1. The van der Waals surface area contributed by atoms with E-state index in [1.807, 2.05) is 6.08 Å². The molecule has 1 unspecified atom stereocenters. The molecule has 0 aliphatic carbocycles. The number of rotatable bonds is 14. The maximum Gasteiger partial charge on any atom is 0.339 e. The first-order chi connectivity index (χ1) is 12.6. The van der Waals surface area contributed by atoms with Gasteiger partial charge in [0.25, 0.3) is 0 Å². The monoisotopic (exact) mass is 362 g/mol. The average molecular weight is 363 g/mol. The average Bonchev–Trinajstić information content (AvgIpc) is 2.61. The van der Waals surface area contributed by atoms with Gasteiger partial charge in [0.05, 0.1) is 6.10 Å². The molecule has 1 rings (SSSR count). The van der Waals surface area contributed by atoms with Crippen molar-refractivity contribution in [2.75, 3.05) is 0 Å². The second kappa shape index (κ2) is 13.4. The summed E-state index contributed by atoms with van der Waals surface area (Å²) in [5.41, 5.74) is 0.754. The summed E-state index contributed by atoms with van der Waals surface area (Å²) >= 11 is 0. The van der Waals surface area contributed by atoms with Crippen molar-refractivity contribution in [3.8, 4) is 5.75 Å². The molecule has 0 aromatic heterocycles. The fourth-order valence-corrected chi connectivity index (χ4v) is 3.09. The smallest absolute Gasteiger partial charge is 0.339 e. The fraction of sp³-hybridized carbons (Fsp3) is 0.591. The number of carbonyl (C=O) groups is 1. The van der Waals surface area contributed by atoms with E-state index in [-0.39, 0.29) is 17.4 Å². The summed E-state index contributed by atoms with van der Waals surface area (Å²) in [6.45, 7) is 2.13. The molecular weight excluding hydrogens is 328 g/mol. The highest BCUT2D eigenvalue weighted by atomic mass is 16.4. The van der Waals surface area contributed by atoms with Crippen molar-refractivity contribution in [1.82, 2.24) is 0 Å². The Hall–Kier alpha value is -1.81. The van der Waals surface area contributed by atoms with Gasteiger partial charge < -0.3 is 15.3 Å². The van der Waals surface area contributed by atoms with Crippen LogP contribution in [0.5, 0.6) is 5.75 Å². The first-order valence-electron chi connectivity index (χ1n) is 9.95. The lowest BCUT2D eigenvalue weighted by atomic mass is 9.99. The zero-order valence-corrected chi connectivity index (χ0v) is 16.0. The van der Waals surface area contributed by atoms with Gasteiger partial charge in [-0.15, -0.1) is 0 Å². The number of aliphatic hydroxyl groups excluding tert-OH is 1. The quantitative estimate of drug-likeness (QED) is 0.303. The molecular formula is C22H34O4. The van der Waals surface area contributed by atoms with Crippen LogP contribution in [-0.2, 0) is 6.42 Å². The van der Waals surface area contributed by atoms with Crippen LogP contribution in [0.4, 0.5) is 0 Å². The van der Waals surface area contributed by atoms with Crippen LogP contribution in [0.25, 0.3) is 0 Å². The van der Waals surface area contributed by atoms with Crippen molar-refractivity contribution in [1.29, 1.82) is 0 Å². The SMILES string of the molecule is CCCCC(O)/C=C/CCCCCCCCc1cccc(O)c1C(=O)O. The van der Waals surface area contributed by atoms with Gasteiger partial charge in [-0.25, -0.2) is 4.79 Å². The Labute approximate surface area is 157 Å². The third-order valence-corrected chi connectivity index (χ3v) is 4.62. The first kappa shape index (κ1) is 22.2. The van der Waals surface area contributed by atoms with Crippen LogP contribution in [0.1, 0.15) is 87.1 Å². The zero-order chi connectivity index (χ0) is 19.2. The van der Waals surface area contributed by atoms with Gasteiger partial charge in [-0.2, -0.15) is 0 Å². The van der Waals surface area contributed by atoms with E-state index < -0.39 is 5.97 Å². The molecule has 0 saturated heterocycles. The number of aryl methyl sites for hydroxylation is 1. The summed E-state index contributed by atoms with van der Waals surface area (Å²) in [4.78, 5) is 11.2. The number of benzene rings is 1. The molecule has 0 fully saturated rings. The number of allylic oxidation sites excluding steroid dienone is 1. The van der Waals surface area contributed by atoms with E-state index in [9.17, 15) is 20.1 Å². The fourth-order valence-electron chi connectivity index (χ4n) is 3.09. The van der Waals surface area contributed by atoms with E-state index >= 15 is 0 Å². The van der Waals surface area contributed by atoms with Crippen molar-refractivity contribution >= 4 is 5.97 Å². The van der Waals surface area contributed by atoms with E-state index in [0.717, 1.165) is 51.4 Å². The largest absolute Gasteiger partial charge is 0.507 e. The maximum absolute atomic E-state index is 11.2. The number of phenols is 1. The highest BCUT2D eigenvalue weighted by Gasteiger charge is 2.14. The Balaban J connectivity index is 2.09. The third kappa shape index (κ3) is 9.04. The molecule has 0 radical (unpaired) electrons. The van der Waals surface area contributed by atoms with Gasteiger partial charge >= 0.3 is 5.97 Å². The third-order valence-electron chi connectivity index (χ3n) is 4.62. The second-order valence-corrected chi connectivity index (χ2v) is 6.91. The number of aliphatic hydroxyl groups is 1. The lowest BCUT2D eigenvalue weighted by Crippen LogP contribution is -2.03. The van der Waals surface area contributed by atoms with Crippen LogP contribution >= 0.6 is 0 Å². The topological polar surface area (TPSA) is 77.8 Å². The molecule has 4 heteroatoms. The maximum atomic E-state index is 11.2. The van der Waals surface area contributed by atoms with Crippen LogP contribution in [0.2, 0.25) is 0 Å². The number of aromatic carboxylic acids is 1. The van der Waals surface area contributed by atoms with Gasteiger partial charge in [0.15, 0.2) is 0 Å². The lowest BCUT2D eigenvalue weighted by molar-refractivity contribution is 0.0692. The predicted molar refractivity (Wildman–Crippen MR) is 106 cm³/mol. The molecule has 0 heterocycles. The van der Waals surface area contributed by atoms with Crippen LogP contribution in [0.3, 0.4) is 0 Å². The molecule has 4 nitrogen and oxygen atoms in total. The van der Waals surface area contributed by atoms with E-state index in [1.165, 1.54) is 18.9 Å². The number of hydrogen-bond acceptors (Lipinski definition) is 3. The number of unbranched alkanes of at least 4 members (excludes halogenated alkanes) is 7. The van der Waals surface area contributed by atoms with Crippen LogP contribution in [-0.4, -0.2) is 27.4 Å². The normalized spacial score (nSPS) is 12.5. The summed E-state index contributed by atoms with van der Waals surface area (Å²) in [6, 6.07) is 4.90. The molecule has 26 heavy (non-hydrogen) atoms. The number of hydrogen-bond donors (Lipinski definition) is 3. The number of carboxylic acids is 1. The van der Waals surface area contributed by atoms with Crippen molar-refractivity contribution < 1.29 is 20.1 Å². The van der Waals surface area contributed by atoms with Crippen LogP contribution in [0, 0.1) is 0 Å². The van der Waals surface area contributed by atoms with E-state index in [1.54, 1.807) is 12.1 Å². The van der Waals surface area contributed by atoms with Crippen LogP contribution in [0.15, 0.2) is 30.4 Å². The van der Waals surface area contributed by atoms with Gasteiger partial charge in [-0.05, 0) is 43.7 Å². The van der Waals surface area contributed by atoms with E-state index in [2.05, 4.69) is 13.0 Å². The van der Waals surface area contributed by atoms with Crippen molar-refractivity contribution in [2.45, 2.75) is 83.7 Å². The minimum Gasteiger partial charge on any atom is -0.507 e. The zero-order valence-electron chi connectivity index (χ0n) is 16.0. The predicted octanol–water partition coefficient (Wildman–Crippen LogP) is 5.47.